The van der Waals surface area contributed by atoms with Crippen molar-refractivity contribution < 1.29 is 4.79 Å². The van der Waals surface area contributed by atoms with E-state index in [0.717, 1.165) is 23.0 Å². The maximum absolute atomic E-state index is 12.6. The highest BCUT2D eigenvalue weighted by Gasteiger charge is 2.10. The summed E-state index contributed by atoms with van der Waals surface area (Å²) in [5.74, 6) is -0.0947. The van der Waals surface area contributed by atoms with Gasteiger partial charge in [0.25, 0.3) is 5.56 Å². The van der Waals surface area contributed by atoms with Crippen LogP contribution in [0.2, 0.25) is 5.02 Å². The molecule has 5 nitrogen and oxygen atoms in total. The molecule has 0 aliphatic rings. The smallest absolute Gasteiger partial charge is 0.287 e. The zero-order valence-corrected chi connectivity index (χ0v) is 15.6. The Labute approximate surface area is 160 Å². The number of halogens is 1. The van der Waals surface area contributed by atoms with Crippen LogP contribution in [0.25, 0.3) is 5.69 Å². The molecule has 3 aromatic rings. The first-order chi connectivity index (χ1) is 12.5. The van der Waals surface area contributed by atoms with E-state index in [0.29, 0.717) is 10.7 Å². The van der Waals surface area contributed by atoms with Crippen molar-refractivity contribution in [3.8, 4) is 5.69 Å². The largest absolute Gasteiger partial charge is 0.325 e. The summed E-state index contributed by atoms with van der Waals surface area (Å²) in [6.07, 6.45) is 3.12. The molecule has 132 valence electrons. The van der Waals surface area contributed by atoms with Crippen LogP contribution in [0, 0.1) is 6.92 Å². The Bertz CT molecular complexity index is 969. The molecule has 1 heterocycles. The van der Waals surface area contributed by atoms with Gasteiger partial charge >= 0.3 is 0 Å². The predicted molar refractivity (Wildman–Crippen MR) is 105 cm³/mol. The zero-order chi connectivity index (χ0) is 18.5. The highest BCUT2D eigenvalue weighted by molar-refractivity contribution is 7.99. The summed E-state index contributed by atoms with van der Waals surface area (Å²) in [5.41, 5.74) is 2.25. The molecule has 0 aliphatic carbocycles. The van der Waals surface area contributed by atoms with E-state index in [1.165, 1.54) is 10.8 Å². The van der Waals surface area contributed by atoms with Gasteiger partial charge in [0.05, 0.1) is 5.75 Å². The van der Waals surface area contributed by atoms with Gasteiger partial charge in [0.1, 0.15) is 0 Å². The monoisotopic (exact) mass is 385 g/mol. The fourth-order valence-corrected chi connectivity index (χ4v) is 3.09. The van der Waals surface area contributed by atoms with Gasteiger partial charge in [-0.3, -0.25) is 14.2 Å². The number of amides is 1. The highest BCUT2D eigenvalue weighted by Crippen LogP contribution is 2.15. The van der Waals surface area contributed by atoms with Crippen molar-refractivity contribution in [3.63, 3.8) is 0 Å². The third-order valence-corrected chi connectivity index (χ3v) is 4.80. The molecule has 2 aromatic carbocycles. The maximum Gasteiger partial charge on any atom is 0.287 e. The van der Waals surface area contributed by atoms with E-state index in [1.54, 1.807) is 30.5 Å². The number of nitrogens with zero attached hydrogens (tertiary/aromatic N) is 2. The van der Waals surface area contributed by atoms with Gasteiger partial charge < -0.3 is 5.32 Å². The minimum atomic E-state index is -0.275. The number of nitrogens with one attached hydrogen (secondary N) is 1. The van der Waals surface area contributed by atoms with Crippen molar-refractivity contribution in [2.24, 2.45) is 0 Å². The third kappa shape index (κ3) is 4.53. The van der Waals surface area contributed by atoms with Crippen molar-refractivity contribution >= 4 is 35.0 Å². The second-order valence-electron chi connectivity index (χ2n) is 5.59. The predicted octanol–water partition coefficient (Wildman–Crippen LogP) is 3.93. The van der Waals surface area contributed by atoms with Crippen molar-refractivity contribution in [3.05, 3.63) is 81.9 Å². The van der Waals surface area contributed by atoms with Crippen LogP contribution in [0.1, 0.15) is 5.56 Å². The maximum atomic E-state index is 12.6. The molecular weight excluding hydrogens is 370 g/mol. The molecule has 3 rings (SSSR count). The molecule has 0 radical (unpaired) electrons. The summed E-state index contributed by atoms with van der Waals surface area (Å²) in [4.78, 5) is 28.8. The van der Waals surface area contributed by atoms with Gasteiger partial charge in [-0.1, -0.05) is 41.1 Å². The molecular formula is C19H16ClN3O2S. The molecule has 0 spiro atoms. The van der Waals surface area contributed by atoms with Gasteiger partial charge in [-0.15, -0.1) is 0 Å². The summed E-state index contributed by atoms with van der Waals surface area (Å²) in [6.45, 7) is 1.98. The number of carbonyl (C=O) groups excluding carboxylic acids is 1. The first-order valence-electron chi connectivity index (χ1n) is 7.86. The van der Waals surface area contributed by atoms with Crippen LogP contribution in [0.4, 0.5) is 5.69 Å². The van der Waals surface area contributed by atoms with Gasteiger partial charge in [0, 0.05) is 28.8 Å². The van der Waals surface area contributed by atoms with Gasteiger partial charge in [-0.05, 0) is 43.3 Å². The minimum Gasteiger partial charge on any atom is -0.325 e. The Balaban J connectivity index is 1.69. The molecule has 0 bridgehead atoms. The van der Waals surface area contributed by atoms with Crippen molar-refractivity contribution in [1.29, 1.82) is 0 Å². The zero-order valence-electron chi connectivity index (χ0n) is 14.0. The Hall–Kier alpha value is -2.57. The molecule has 0 unspecified atom stereocenters. The number of benzene rings is 2. The van der Waals surface area contributed by atoms with Gasteiger partial charge in [-0.2, -0.15) is 0 Å². The number of thioether (sulfide) groups is 1. The lowest BCUT2D eigenvalue weighted by Crippen LogP contribution is -2.22. The molecule has 26 heavy (non-hydrogen) atoms. The van der Waals surface area contributed by atoms with Crippen LogP contribution in [0.15, 0.2) is 70.7 Å². The fraction of sp³-hybridized carbons (Fsp3) is 0.105. The number of hydrogen-bond donors (Lipinski definition) is 1. The molecule has 0 atom stereocenters. The van der Waals surface area contributed by atoms with Crippen LogP contribution in [-0.4, -0.2) is 21.2 Å². The Morgan fingerprint density at radius 3 is 2.54 bits per heavy atom. The quantitative estimate of drug-likeness (QED) is 0.676. The molecule has 0 saturated carbocycles. The second-order valence-corrected chi connectivity index (χ2v) is 6.99. The minimum absolute atomic E-state index is 0.0980. The molecule has 1 N–H and O–H groups in total. The molecule has 1 amide bonds. The summed E-state index contributed by atoms with van der Waals surface area (Å²) < 4.78 is 1.48. The first kappa shape index (κ1) is 18.2. The van der Waals surface area contributed by atoms with E-state index < -0.39 is 0 Å². The number of hydrogen-bond acceptors (Lipinski definition) is 4. The van der Waals surface area contributed by atoms with E-state index in [9.17, 15) is 9.59 Å². The van der Waals surface area contributed by atoms with E-state index in [4.69, 9.17) is 11.6 Å². The lowest BCUT2D eigenvalue weighted by Gasteiger charge is -2.08. The molecule has 0 saturated heterocycles. The highest BCUT2D eigenvalue weighted by atomic mass is 35.5. The summed E-state index contributed by atoms with van der Waals surface area (Å²) in [6, 6.07) is 14.5. The van der Waals surface area contributed by atoms with E-state index in [1.807, 2.05) is 31.2 Å². The fourth-order valence-electron chi connectivity index (χ4n) is 2.27. The van der Waals surface area contributed by atoms with Crippen molar-refractivity contribution in [1.82, 2.24) is 9.55 Å². The van der Waals surface area contributed by atoms with E-state index >= 15 is 0 Å². The summed E-state index contributed by atoms with van der Waals surface area (Å²) >= 11 is 6.99. The average Bonchev–Trinajstić information content (AvgIpc) is 2.64. The molecule has 1 aromatic heterocycles. The van der Waals surface area contributed by atoms with Crippen molar-refractivity contribution in [2.75, 3.05) is 11.1 Å². The van der Waals surface area contributed by atoms with Crippen LogP contribution in [0.3, 0.4) is 0 Å². The number of aromatic nitrogens is 2. The standard InChI is InChI=1S/C19H16ClN3O2S/c1-13-2-6-15(7-3-13)22-17(24)12-26-18-19(25)23(11-10-21-18)16-8-4-14(20)5-9-16/h2-11H,12H2,1H3,(H,22,24). The topological polar surface area (TPSA) is 64.0 Å². The number of aryl methyl sites for hydroxylation is 1. The van der Waals surface area contributed by atoms with Gasteiger partial charge in [-0.25, -0.2) is 4.98 Å². The molecule has 0 fully saturated rings. The van der Waals surface area contributed by atoms with E-state index in [2.05, 4.69) is 10.3 Å². The number of carbonyl (C=O) groups is 1. The normalized spacial score (nSPS) is 10.5. The van der Waals surface area contributed by atoms with Crippen LogP contribution >= 0.6 is 23.4 Å². The Kier molecular flexibility index (Phi) is 5.75. The second kappa shape index (κ2) is 8.21. The Morgan fingerprint density at radius 1 is 1.15 bits per heavy atom. The number of anilines is 1. The number of rotatable bonds is 5. The van der Waals surface area contributed by atoms with Gasteiger partial charge in [0.2, 0.25) is 5.91 Å². The first-order valence-corrected chi connectivity index (χ1v) is 9.22. The van der Waals surface area contributed by atoms with Crippen LogP contribution in [0.5, 0.6) is 0 Å². The van der Waals surface area contributed by atoms with Gasteiger partial charge in [0.15, 0.2) is 5.03 Å². The van der Waals surface area contributed by atoms with E-state index in [-0.39, 0.29) is 22.2 Å². The van der Waals surface area contributed by atoms with Crippen LogP contribution in [-0.2, 0) is 4.79 Å². The third-order valence-electron chi connectivity index (χ3n) is 3.59. The van der Waals surface area contributed by atoms with Crippen molar-refractivity contribution in [2.45, 2.75) is 11.9 Å². The lowest BCUT2D eigenvalue weighted by molar-refractivity contribution is -0.113. The Morgan fingerprint density at radius 2 is 1.85 bits per heavy atom. The average molecular weight is 386 g/mol. The van der Waals surface area contributed by atoms with Crippen LogP contribution < -0.4 is 10.9 Å². The SMILES string of the molecule is Cc1ccc(NC(=O)CSc2nccn(-c3ccc(Cl)cc3)c2=O)cc1. The molecule has 0 aliphatic heterocycles. The lowest BCUT2D eigenvalue weighted by atomic mass is 10.2. The summed E-state index contributed by atoms with van der Waals surface area (Å²) in [5, 5.41) is 3.66. The molecule has 7 heteroatoms. The summed E-state index contributed by atoms with van der Waals surface area (Å²) in [7, 11) is 0.